The van der Waals surface area contributed by atoms with Crippen LogP contribution >= 0.6 is 11.3 Å². The van der Waals surface area contributed by atoms with Crippen molar-refractivity contribution in [2.24, 2.45) is 5.92 Å². The second kappa shape index (κ2) is 6.75. The number of hydrogen-bond acceptors (Lipinski definition) is 4. The summed E-state index contributed by atoms with van der Waals surface area (Å²) in [6.07, 6.45) is 4.63. The summed E-state index contributed by atoms with van der Waals surface area (Å²) in [5, 5.41) is 13.6. The van der Waals surface area contributed by atoms with Crippen LogP contribution in [0, 0.1) is 5.92 Å². The normalized spacial score (nSPS) is 22.0. The number of carbonyl (C=O) groups is 1. The maximum Gasteiger partial charge on any atom is 0.318 e. The van der Waals surface area contributed by atoms with Crippen LogP contribution in [-0.2, 0) is 13.0 Å². The Morgan fingerprint density at radius 2 is 2.38 bits per heavy atom. The number of likely N-dealkylation sites (tertiary alicyclic amines) is 1. The van der Waals surface area contributed by atoms with E-state index >= 15 is 0 Å². The van der Waals surface area contributed by atoms with Gasteiger partial charge in [0.05, 0.1) is 23.7 Å². The quantitative estimate of drug-likeness (QED) is 0.877. The van der Waals surface area contributed by atoms with Gasteiger partial charge in [0.15, 0.2) is 0 Å². The van der Waals surface area contributed by atoms with Crippen molar-refractivity contribution < 1.29 is 9.90 Å². The summed E-state index contributed by atoms with van der Waals surface area (Å²) < 4.78 is 0. The van der Waals surface area contributed by atoms with Gasteiger partial charge in [0.2, 0.25) is 0 Å². The van der Waals surface area contributed by atoms with Gasteiger partial charge in [0.1, 0.15) is 0 Å². The molecule has 118 valence electrons. The van der Waals surface area contributed by atoms with E-state index in [0.717, 1.165) is 29.1 Å². The third kappa shape index (κ3) is 3.95. The van der Waals surface area contributed by atoms with E-state index in [1.165, 1.54) is 0 Å². The standard InChI is InChI=1S/C15H25N3O2S/c1-11(2)7-13-16-8-12(21-13)9-17-14(20)18-6-4-5-15(18,3)10-19/h8,11,19H,4-7,9-10H2,1-3H3,(H,17,20)/t15-/m1/s1. The first-order chi connectivity index (χ1) is 9.94. The third-order valence-corrected chi connectivity index (χ3v) is 4.95. The number of hydrogen-bond donors (Lipinski definition) is 2. The highest BCUT2D eigenvalue weighted by Gasteiger charge is 2.38. The second-order valence-corrected chi connectivity index (χ2v) is 7.59. The molecule has 1 fully saturated rings. The molecule has 2 heterocycles. The summed E-state index contributed by atoms with van der Waals surface area (Å²) in [5.74, 6) is 0.591. The number of carbonyl (C=O) groups excluding carboxylic acids is 1. The van der Waals surface area contributed by atoms with E-state index in [4.69, 9.17) is 0 Å². The van der Waals surface area contributed by atoms with Crippen LogP contribution in [0.15, 0.2) is 6.20 Å². The van der Waals surface area contributed by atoms with Crippen LogP contribution < -0.4 is 5.32 Å². The molecule has 0 saturated carbocycles. The molecular formula is C15H25N3O2S. The molecule has 0 spiro atoms. The Kier molecular flexibility index (Phi) is 5.22. The molecule has 1 aliphatic heterocycles. The van der Waals surface area contributed by atoms with Crippen molar-refractivity contribution in [3.05, 3.63) is 16.1 Å². The predicted octanol–water partition coefficient (Wildman–Crippen LogP) is 2.40. The molecule has 6 heteroatoms. The lowest BCUT2D eigenvalue weighted by Crippen LogP contribution is -2.51. The van der Waals surface area contributed by atoms with Gasteiger partial charge in [0, 0.05) is 24.0 Å². The Morgan fingerprint density at radius 3 is 3.05 bits per heavy atom. The van der Waals surface area contributed by atoms with Gasteiger partial charge in [-0.25, -0.2) is 9.78 Å². The molecule has 2 amide bonds. The highest BCUT2D eigenvalue weighted by atomic mass is 32.1. The molecule has 21 heavy (non-hydrogen) atoms. The lowest BCUT2D eigenvalue weighted by molar-refractivity contribution is 0.0973. The molecule has 1 atom stereocenters. The van der Waals surface area contributed by atoms with Gasteiger partial charge in [-0.3, -0.25) is 0 Å². The predicted molar refractivity (Wildman–Crippen MR) is 84.3 cm³/mol. The fourth-order valence-corrected chi connectivity index (χ4v) is 3.74. The number of nitrogens with zero attached hydrogens (tertiary/aromatic N) is 2. The maximum atomic E-state index is 12.3. The summed E-state index contributed by atoms with van der Waals surface area (Å²) in [5.41, 5.74) is -0.416. The van der Waals surface area contributed by atoms with E-state index < -0.39 is 5.54 Å². The molecule has 1 saturated heterocycles. The van der Waals surface area contributed by atoms with Crippen LogP contribution in [0.3, 0.4) is 0 Å². The topological polar surface area (TPSA) is 65.5 Å². The van der Waals surface area contributed by atoms with Crippen molar-refractivity contribution >= 4 is 17.4 Å². The summed E-state index contributed by atoms with van der Waals surface area (Å²) >= 11 is 1.66. The van der Waals surface area contributed by atoms with Crippen LogP contribution in [-0.4, -0.2) is 39.7 Å². The van der Waals surface area contributed by atoms with Crippen molar-refractivity contribution in [2.75, 3.05) is 13.2 Å². The highest BCUT2D eigenvalue weighted by molar-refractivity contribution is 7.11. The maximum absolute atomic E-state index is 12.3. The number of thiazole rings is 1. The fourth-order valence-electron chi connectivity index (χ4n) is 2.67. The molecular weight excluding hydrogens is 286 g/mol. The largest absolute Gasteiger partial charge is 0.394 e. The highest BCUT2D eigenvalue weighted by Crippen LogP contribution is 2.28. The van der Waals surface area contributed by atoms with Crippen molar-refractivity contribution in [3.63, 3.8) is 0 Å². The number of aliphatic hydroxyl groups is 1. The average Bonchev–Trinajstić information content (AvgIpc) is 3.03. The van der Waals surface area contributed by atoms with Gasteiger partial charge < -0.3 is 15.3 Å². The van der Waals surface area contributed by atoms with Crippen LogP contribution in [0.5, 0.6) is 0 Å². The van der Waals surface area contributed by atoms with Crippen LogP contribution in [0.4, 0.5) is 4.79 Å². The Bertz CT molecular complexity index is 489. The summed E-state index contributed by atoms with van der Waals surface area (Å²) in [4.78, 5) is 19.5. The van der Waals surface area contributed by atoms with Crippen LogP contribution in [0.1, 0.15) is 43.5 Å². The molecule has 1 aromatic rings. The smallest absolute Gasteiger partial charge is 0.318 e. The van der Waals surface area contributed by atoms with Gasteiger partial charge in [-0.15, -0.1) is 11.3 Å². The third-order valence-electron chi connectivity index (χ3n) is 3.93. The molecule has 0 aliphatic carbocycles. The number of nitrogens with one attached hydrogen (secondary N) is 1. The van der Waals surface area contributed by atoms with E-state index in [-0.39, 0.29) is 12.6 Å². The number of rotatable bonds is 5. The molecule has 2 N–H and O–H groups in total. The monoisotopic (exact) mass is 311 g/mol. The van der Waals surface area contributed by atoms with Gasteiger partial charge in [0.25, 0.3) is 0 Å². The summed E-state index contributed by atoms with van der Waals surface area (Å²) in [6, 6.07) is -0.0946. The Morgan fingerprint density at radius 1 is 1.62 bits per heavy atom. The van der Waals surface area contributed by atoms with E-state index in [9.17, 15) is 9.90 Å². The Balaban J connectivity index is 1.88. The minimum absolute atomic E-state index is 0.0134. The average molecular weight is 311 g/mol. The molecule has 0 unspecified atom stereocenters. The van der Waals surface area contributed by atoms with Crippen LogP contribution in [0.25, 0.3) is 0 Å². The Hall–Kier alpha value is -1.14. The van der Waals surface area contributed by atoms with Gasteiger partial charge in [-0.2, -0.15) is 0 Å². The number of amides is 2. The van der Waals surface area contributed by atoms with E-state index in [1.54, 1.807) is 16.2 Å². The first-order valence-corrected chi connectivity index (χ1v) is 8.36. The van der Waals surface area contributed by atoms with Gasteiger partial charge >= 0.3 is 6.03 Å². The number of aromatic nitrogens is 1. The molecule has 0 aromatic carbocycles. The van der Waals surface area contributed by atoms with Gasteiger partial charge in [-0.05, 0) is 25.7 Å². The molecule has 1 aliphatic rings. The lowest BCUT2D eigenvalue weighted by atomic mass is 10.0. The zero-order valence-corrected chi connectivity index (χ0v) is 13.9. The summed E-state index contributed by atoms with van der Waals surface area (Å²) in [6.45, 7) is 7.52. The van der Waals surface area contributed by atoms with Crippen molar-refractivity contribution in [3.8, 4) is 0 Å². The minimum atomic E-state index is -0.416. The number of urea groups is 1. The van der Waals surface area contributed by atoms with Crippen molar-refractivity contribution in [1.29, 1.82) is 0 Å². The zero-order valence-electron chi connectivity index (χ0n) is 13.1. The van der Waals surface area contributed by atoms with Crippen molar-refractivity contribution in [2.45, 2.75) is 52.1 Å². The minimum Gasteiger partial charge on any atom is -0.394 e. The van der Waals surface area contributed by atoms with Crippen molar-refractivity contribution in [1.82, 2.24) is 15.2 Å². The lowest BCUT2D eigenvalue weighted by Gasteiger charge is -2.33. The number of aliphatic hydroxyl groups excluding tert-OH is 1. The molecule has 1 aromatic heterocycles. The van der Waals surface area contributed by atoms with E-state index in [1.807, 2.05) is 13.1 Å². The molecule has 5 nitrogen and oxygen atoms in total. The molecule has 0 bridgehead atoms. The summed E-state index contributed by atoms with van der Waals surface area (Å²) in [7, 11) is 0. The zero-order chi connectivity index (χ0) is 15.5. The fraction of sp³-hybridized carbons (Fsp3) is 0.733. The second-order valence-electron chi connectivity index (χ2n) is 6.39. The Labute approximate surface area is 130 Å². The van der Waals surface area contributed by atoms with E-state index in [0.29, 0.717) is 19.0 Å². The van der Waals surface area contributed by atoms with E-state index in [2.05, 4.69) is 24.1 Å². The molecule has 0 radical (unpaired) electrons. The first-order valence-electron chi connectivity index (χ1n) is 7.54. The van der Waals surface area contributed by atoms with Gasteiger partial charge in [-0.1, -0.05) is 13.8 Å². The SMILES string of the molecule is CC(C)Cc1ncc(CNC(=O)N2CCC[C@]2(C)CO)s1. The molecule has 2 rings (SSSR count). The first kappa shape index (κ1) is 16.2. The van der Waals surface area contributed by atoms with Crippen LogP contribution in [0.2, 0.25) is 0 Å².